The summed E-state index contributed by atoms with van der Waals surface area (Å²) >= 11 is 6.07. The van der Waals surface area contributed by atoms with Crippen molar-refractivity contribution in [1.29, 1.82) is 0 Å². The predicted octanol–water partition coefficient (Wildman–Crippen LogP) is 0.368. The molecule has 0 saturated carbocycles. The number of aliphatic hydroxyl groups excluding tert-OH is 1. The molecule has 196 valence electrons. The van der Waals surface area contributed by atoms with E-state index in [1.807, 2.05) is 30.3 Å². The number of benzene rings is 1. The van der Waals surface area contributed by atoms with Gasteiger partial charge >= 0.3 is 15.2 Å². The summed E-state index contributed by atoms with van der Waals surface area (Å²) in [7, 11) is -9.73. The first kappa shape index (κ1) is 27.0. The van der Waals surface area contributed by atoms with Crippen LogP contribution in [0.5, 0.6) is 0 Å². The molecular weight excluding hydrogens is 544 g/mol. The normalized spacial score (nSPS) is 23.6. The summed E-state index contributed by atoms with van der Waals surface area (Å²) in [6.07, 6.45) is -4.12. The lowest BCUT2D eigenvalue weighted by Crippen LogP contribution is -2.49. The minimum atomic E-state index is -4.91. The van der Waals surface area contributed by atoms with Crippen molar-refractivity contribution in [1.82, 2.24) is 19.5 Å². The van der Waals surface area contributed by atoms with Gasteiger partial charge in [0.15, 0.2) is 35.2 Å². The molecule has 15 nitrogen and oxygen atoms in total. The molecule has 18 heteroatoms. The van der Waals surface area contributed by atoms with E-state index in [1.54, 1.807) is 0 Å². The Labute approximate surface area is 208 Å². The van der Waals surface area contributed by atoms with E-state index < -0.39 is 51.9 Å². The van der Waals surface area contributed by atoms with Gasteiger partial charge < -0.3 is 44.6 Å². The maximum Gasteiger partial charge on any atom is 0.340 e. The summed E-state index contributed by atoms with van der Waals surface area (Å²) in [4.78, 5) is 39.9. The van der Waals surface area contributed by atoms with E-state index in [0.717, 1.165) is 10.1 Å². The van der Waals surface area contributed by atoms with Crippen LogP contribution in [0.3, 0.4) is 0 Å². The van der Waals surface area contributed by atoms with Crippen molar-refractivity contribution in [2.75, 3.05) is 17.8 Å². The number of imidazole rings is 1. The first-order valence-electron chi connectivity index (χ1n) is 10.2. The van der Waals surface area contributed by atoms with Crippen LogP contribution in [0, 0.1) is 0 Å². The van der Waals surface area contributed by atoms with Gasteiger partial charge in [-0.15, -0.1) is 0 Å². The highest BCUT2D eigenvalue weighted by Gasteiger charge is 2.56. The number of aromatic nitrogens is 4. The highest BCUT2D eigenvalue weighted by Crippen LogP contribution is 2.55. The minimum absolute atomic E-state index is 0.0707. The zero-order chi connectivity index (χ0) is 26.3. The molecule has 1 aliphatic rings. The number of anilines is 1. The highest BCUT2D eigenvalue weighted by molar-refractivity contribution is 7.70. The van der Waals surface area contributed by atoms with Crippen LogP contribution < -0.4 is 5.32 Å². The number of fused-ring (bicyclic) bond motifs is 1. The summed E-state index contributed by atoms with van der Waals surface area (Å²) in [5.74, 6) is -4.20. The molecule has 7 N–H and O–H groups in total. The second kappa shape index (κ2) is 10.0. The van der Waals surface area contributed by atoms with Crippen LogP contribution in [-0.2, 0) is 24.9 Å². The summed E-state index contributed by atoms with van der Waals surface area (Å²) in [5, 5.41) is 34.2. The van der Waals surface area contributed by atoms with E-state index in [2.05, 4.69) is 24.8 Å². The standard InChI is InChI=1S/C18H22ClN5O10P2/c19-17-22-14(20-6-10-4-2-1-3-5-10)12-15(23-17)24(8-21-12)16-13(25)18(26,27)11(34-16)7-33-36(31,32)9-35(28,29)30/h1-5,8,11,13,16,25-27H,6-7,9H2,(H,31,32)(H,20,22,23)(H2,28,29,30)/t11-,13+,16-/m1/s1. The van der Waals surface area contributed by atoms with Gasteiger partial charge in [0.2, 0.25) is 11.1 Å². The molecule has 3 aromatic rings. The second-order valence-corrected chi connectivity index (χ2v) is 12.3. The number of hydrogen-bond donors (Lipinski definition) is 7. The van der Waals surface area contributed by atoms with Crippen molar-refractivity contribution >= 4 is 43.8 Å². The third-order valence-corrected chi connectivity index (χ3v) is 8.87. The van der Waals surface area contributed by atoms with Gasteiger partial charge in [-0.05, 0) is 17.2 Å². The van der Waals surface area contributed by atoms with Crippen molar-refractivity contribution < 1.29 is 48.4 Å². The van der Waals surface area contributed by atoms with Gasteiger partial charge in [0, 0.05) is 6.54 Å². The maximum absolute atomic E-state index is 11.9. The zero-order valence-corrected chi connectivity index (χ0v) is 20.7. The molecule has 2 aromatic heterocycles. The molecule has 3 heterocycles. The third kappa shape index (κ3) is 5.93. The zero-order valence-electron chi connectivity index (χ0n) is 18.2. The van der Waals surface area contributed by atoms with Gasteiger partial charge in [-0.3, -0.25) is 13.7 Å². The lowest BCUT2D eigenvalue weighted by molar-refractivity contribution is -0.234. The fourth-order valence-electron chi connectivity index (χ4n) is 3.56. The number of ether oxygens (including phenoxy) is 1. The summed E-state index contributed by atoms with van der Waals surface area (Å²) in [6, 6.07) is 9.39. The van der Waals surface area contributed by atoms with Crippen molar-refractivity contribution in [3.8, 4) is 0 Å². The number of rotatable bonds is 9. The molecule has 0 amide bonds. The Hall–Kier alpha value is -2.00. The van der Waals surface area contributed by atoms with Crippen LogP contribution in [0.25, 0.3) is 11.2 Å². The predicted molar refractivity (Wildman–Crippen MR) is 124 cm³/mol. The molecule has 1 saturated heterocycles. The fourth-order valence-corrected chi connectivity index (χ4v) is 6.28. The van der Waals surface area contributed by atoms with Gasteiger partial charge in [-0.2, -0.15) is 9.97 Å². The molecule has 0 aliphatic carbocycles. The Kier molecular flexibility index (Phi) is 7.55. The van der Waals surface area contributed by atoms with Gasteiger partial charge in [-0.25, -0.2) is 4.98 Å². The van der Waals surface area contributed by atoms with Gasteiger partial charge in [0.05, 0.1) is 12.9 Å². The maximum atomic E-state index is 11.9. The summed E-state index contributed by atoms with van der Waals surface area (Å²) in [5.41, 5.74) is 1.25. The van der Waals surface area contributed by atoms with Crippen LogP contribution >= 0.6 is 26.8 Å². The Balaban J connectivity index is 1.56. The number of nitrogens with zero attached hydrogens (tertiary/aromatic N) is 4. The fraction of sp³-hybridized carbons (Fsp3) is 0.389. The molecule has 4 rings (SSSR count). The quantitative estimate of drug-likeness (QED) is 0.106. The number of hydrogen-bond acceptors (Lipinski definition) is 11. The van der Waals surface area contributed by atoms with Gasteiger partial charge in [0.1, 0.15) is 6.10 Å². The van der Waals surface area contributed by atoms with Crippen LogP contribution in [-0.4, -0.2) is 80.0 Å². The molecule has 0 spiro atoms. The first-order chi connectivity index (χ1) is 16.8. The first-order valence-corrected chi connectivity index (χ1v) is 14.2. The minimum Gasteiger partial charge on any atom is -0.383 e. The van der Waals surface area contributed by atoms with Crippen LogP contribution in [0.4, 0.5) is 5.82 Å². The molecule has 1 unspecified atom stereocenters. The van der Waals surface area contributed by atoms with E-state index >= 15 is 0 Å². The monoisotopic (exact) mass is 565 g/mol. The van der Waals surface area contributed by atoms with E-state index in [4.69, 9.17) is 26.1 Å². The van der Waals surface area contributed by atoms with E-state index in [0.29, 0.717) is 6.54 Å². The van der Waals surface area contributed by atoms with E-state index in [-0.39, 0.29) is 22.3 Å². The Morgan fingerprint density at radius 1 is 1.17 bits per heavy atom. The smallest absolute Gasteiger partial charge is 0.340 e. The number of nitrogens with one attached hydrogen (secondary N) is 1. The van der Waals surface area contributed by atoms with Crippen LogP contribution in [0.15, 0.2) is 36.7 Å². The van der Waals surface area contributed by atoms with E-state index in [9.17, 15) is 29.3 Å². The summed E-state index contributed by atoms with van der Waals surface area (Å²) < 4.78 is 34.2. The molecule has 4 atom stereocenters. The van der Waals surface area contributed by atoms with Gasteiger partial charge in [-0.1, -0.05) is 30.3 Å². The number of aliphatic hydroxyl groups is 3. The van der Waals surface area contributed by atoms with Gasteiger partial charge in [0.25, 0.3) is 0 Å². The third-order valence-electron chi connectivity index (χ3n) is 5.24. The number of halogens is 1. The molecular formula is C18H22ClN5O10P2. The molecule has 36 heavy (non-hydrogen) atoms. The Morgan fingerprint density at radius 3 is 2.53 bits per heavy atom. The average Bonchev–Trinajstić information content (AvgIpc) is 3.28. The largest absolute Gasteiger partial charge is 0.383 e. The van der Waals surface area contributed by atoms with E-state index in [1.165, 1.54) is 6.33 Å². The second-order valence-electron chi connectivity index (χ2n) is 7.99. The molecule has 0 radical (unpaired) electrons. The topological polar surface area (TPSA) is 230 Å². The SMILES string of the molecule is O=P(O)(O)CP(=O)(O)OC[C@H]1O[C@@H](n2cnc3c(NCc4ccccc4)nc(Cl)nc32)[C@H](O)C1(O)O. The van der Waals surface area contributed by atoms with Crippen LogP contribution in [0.2, 0.25) is 5.28 Å². The van der Waals surface area contributed by atoms with Crippen molar-refractivity contribution in [2.45, 2.75) is 30.8 Å². The Bertz CT molecular complexity index is 1340. The lowest BCUT2D eigenvalue weighted by atomic mass is 10.1. The molecule has 1 aromatic carbocycles. The average molecular weight is 566 g/mol. The van der Waals surface area contributed by atoms with Crippen LogP contribution in [0.1, 0.15) is 11.8 Å². The van der Waals surface area contributed by atoms with Crippen molar-refractivity contribution in [3.63, 3.8) is 0 Å². The molecule has 0 bridgehead atoms. The van der Waals surface area contributed by atoms with Crippen molar-refractivity contribution in [2.24, 2.45) is 0 Å². The highest BCUT2D eigenvalue weighted by atomic mass is 35.5. The molecule has 1 aliphatic heterocycles. The lowest BCUT2D eigenvalue weighted by Gasteiger charge is -2.25. The Morgan fingerprint density at radius 2 is 1.86 bits per heavy atom. The summed E-state index contributed by atoms with van der Waals surface area (Å²) in [6.45, 7) is -0.606. The van der Waals surface area contributed by atoms with Crippen molar-refractivity contribution in [3.05, 3.63) is 47.5 Å². The molecule has 1 fully saturated rings.